The van der Waals surface area contributed by atoms with Gasteiger partial charge in [0, 0.05) is 11.8 Å². The maximum Gasteiger partial charge on any atom is 0.306 e. The van der Waals surface area contributed by atoms with Crippen LogP contribution in [0.15, 0.2) is 0 Å². The van der Waals surface area contributed by atoms with Crippen LogP contribution in [0.25, 0.3) is 0 Å². The second kappa shape index (κ2) is 6.74. The summed E-state index contributed by atoms with van der Waals surface area (Å²) >= 11 is 0. The van der Waals surface area contributed by atoms with E-state index < -0.39 is 0 Å². The van der Waals surface area contributed by atoms with Crippen molar-refractivity contribution in [1.82, 2.24) is 4.90 Å². The first-order valence-electron chi connectivity index (χ1n) is 9.85. The predicted molar refractivity (Wildman–Crippen MR) is 93.3 cm³/mol. The summed E-state index contributed by atoms with van der Waals surface area (Å²) in [4.78, 5) is 14.8. The van der Waals surface area contributed by atoms with E-state index >= 15 is 0 Å². The van der Waals surface area contributed by atoms with Gasteiger partial charge in [-0.2, -0.15) is 0 Å². The first kappa shape index (κ1) is 17.3. The van der Waals surface area contributed by atoms with Crippen molar-refractivity contribution in [3.05, 3.63) is 0 Å². The zero-order valence-corrected chi connectivity index (χ0v) is 15.4. The van der Waals surface area contributed by atoms with Crippen molar-refractivity contribution >= 4 is 5.97 Å². The zero-order chi connectivity index (χ0) is 16.5. The molecule has 3 aliphatic rings. The van der Waals surface area contributed by atoms with Crippen LogP contribution >= 0.6 is 0 Å². The number of rotatable bonds is 5. The van der Waals surface area contributed by atoms with Crippen molar-refractivity contribution in [1.29, 1.82) is 0 Å². The van der Waals surface area contributed by atoms with Crippen molar-refractivity contribution in [3.63, 3.8) is 0 Å². The van der Waals surface area contributed by atoms with Crippen LogP contribution in [-0.2, 0) is 9.53 Å². The molecule has 0 spiro atoms. The maximum atomic E-state index is 12.3. The van der Waals surface area contributed by atoms with Crippen molar-refractivity contribution < 1.29 is 9.53 Å². The van der Waals surface area contributed by atoms with E-state index in [-0.39, 0.29) is 17.5 Å². The lowest BCUT2D eigenvalue weighted by atomic mass is 9.70. The molecule has 1 saturated heterocycles. The predicted octanol–water partition coefficient (Wildman–Crippen LogP) is 4.40. The van der Waals surface area contributed by atoms with Gasteiger partial charge in [0.15, 0.2) is 0 Å². The van der Waals surface area contributed by atoms with E-state index in [4.69, 9.17) is 4.74 Å². The largest absolute Gasteiger partial charge is 0.462 e. The van der Waals surface area contributed by atoms with Gasteiger partial charge in [0.1, 0.15) is 6.10 Å². The van der Waals surface area contributed by atoms with Crippen LogP contribution in [0.3, 0.4) is 0 Å². The normalized spacial score (nSPS) is 36.8. The molecule has 3 nitrogen and oxygen atoms in total. The molecule has 0 aromatic heterocycles. The summed E-state index contributed by atoms with van der Waals surface area (Å²) in [5.74, 6) is 0.775. The second-order valence-electron chi connectivity index (χ2n) is 8.95. The molecule has 0 unspecified atom stereocenters. The fraction of sp³-hybridized carbons (Fsp3) is 0.950. The van der Waals surface area contributed by atoms with Crippen LogP contribution in [0.2, 0.25) is 0 Å². The topological polar surface area (TPSA) is 29.5 Å². The highest BCUT2D eigenvalue weighted by Crippen LogP contribution is 2.66. The quantitative estimate of drug-likeness (QED) is 0.703. The molecule has 0 radical (unpaired) electrons. The van der Waals surface area contributed by atoms with E-state index in [0.29, 0.717) is 11.8 Å². The van der Waals surface area contributed by atoms with E-state index in [2.05, 4.69) is 25.7 Å². The number of carbonyl (C=O) groups is 1. The summed E-state index contributed by atoms with van der Waals surface area (Å²) in [6, 6.07) is 0. The Labute approximate surface area is 142 Å². The van der Waals surface area contributed by atoms with Crippen molar-refractivity contribution in [3.8, 4) is 0 Å². The molecule has 2 saturated carbocycles. The first-order chi connectivity index (χ1) is 10.9. The Morgan fingerprint density at radius 1 is 1.13 bits per heavy atom. The van der Waals surface area contributed by atoms with Crippen LogP contribution < -0.4 is 0 Å². The van der Waals surface area contributed by atoms with Crippen LogP contribution in [-0.4, -0.2) is 36.6 Å². The van der Waals surface area contributed by atoms with Crippen molar-refractivity contribution in [2.45, 2.75) is 84.7 Å². The number of ether oxygens (including phenoxy) is 1. The van der Waals surface area contributed by atoms with Gasteiger partial charge in [-0.3, -0.25) is 4.79 Å². The van der Waals surface area contributed by atoms with Gasteiger partial charge in [-0.25, -0.2) is 0 Å². The van der Waals surface area contributed by atoms with Gasteiger partial charge in [0.25, 0.3) is 0 Å². The highest BCUT2D eigenvalue weighted by atomic mass is 16.5. The zero-order valence-electron chi connectivity index (χ0n) is 15.4. The molecule has 1 aliphatic heterocycles. The molecule has 2 bridgehead atoms. The van der Waals surface area contributed by atoms with Gasteiger partial charge in [0.2, 0.25) is 0 Å². The standard InChI is InChI=1S/C20H35NO2/c1-19(2)16-10-11-20(19,3)17(15-16)23-18(22)9-8-14-21-12-6-4-5-7-13-21/h16-17H,4-15H2,1-3H3/t16-,17+,20+/m0/s1. The molecule has 3 heteroatoms. The molecule has 132 valence electrons. The number of fused-ring (bicyclic) bond motifs is 2. The molecule has 2 aliphatic carbocycles. The number of hydrogen-bond acceptors (Lipinski definition) is 3. The van der Waals surface area contributed by atoms with Gasteiger partial charge in [-0.05, 0) is 69.5 Å². The minimum atomic E-state index is 0.0365. The molecular formula is C20H35NO2. The molecule has 3 fully saturated rings. The lowest BCUT2D eigenvalue weighted by Gasteiger charge is -2.38. The van der Waals surface area contributed by atoms with Gasteiger partial charge >= 0.3 is 5.97 Å². The molecule has 0 aromatic carbocycles. The SMILES string of the molecule is CC1(C)[C@H]2CC[C@]1(C)[C@H](OC(=O)CCCN1CCCCCC1)C2. The Bertz CT molecular complexity index is 425. The number of esters is 1. The summed E-state index contributed by atoms with van der Waals surface area (Å²) in [7, 11) is 0. The number of nitrogens with zero attached hydrogens (tertiary/aromatic N) is 1. The molecule has 0 amide bonds. The third kappa shape index (κ3) is 3.31. The third-order valence-corrected chi connectivity index (χ3v) is 7.54. The minimum Gasteiger partial charge on any atom is -0.462 e. The van der Waals surface area contributed by atoms with Crippen molar-refractivity contribution in [2.24, 2.45) is 16.7 Å². The average molecular weight is 322 g/mol. The van der Waals surface area contributed by atoms with E-state index in [1.54, 1.807) is 0 Å². The fourth-order valence-electron chi connectivity index (χ4n) is 5.33. The summed E-state index contributed by atoms with van der Waals surface area (Å²) in [5.41, 5.74) is 0.516. The van der Waals surface area contributed by atoms with E-state index in [1.807, 2.05) is 0 Å². The molecule has 3 rings (SSSR count). The number of carbonyl (C=O) groups excluding carboxylic acids is 1. The molecule has 0 aromatic rings. The van der Waals surface area contributed by atoms with Crippen LogP contribution in [0.5, 0.6) is 0 Å². The molecule has 23 heavy (non-hydrogen) atoms. The lowest BCUT2D eigenvalue weighted by molar-refractivity contribution is -0.157. The van der Waals surface area contributed by atoms with Gasteiger partial charge in [-0.1, -0.05) is 33.6 Å². The summed E-state index contributed by atoms with van der Waals surface area (Å²) in [6.07, 6.45) is 10.7. The highest BCUT2D eigenvalue weighted by molar-refractivity contribution is 5.69. The van der Waals surface area contributed by atoms with E-state index in [0.717, 1.165) is 25.3 Å². The smallest absolute Gasteiger partial charge is 0.306 e. The van der Waals surface area contributed by atoms with Gasteiger partial charge in [0.05, 0.1) is 0 Å². The molecule has 0 N–H and O–H groups in total. The maximum absolute atomic E-state index is 12.3. The number of hydrogen-bond donors (Lipinski definition) is 0. The number of likely N-dealkylation sites (tertiary alicyclic amines) is 1. The van der Waals surface area contributed by atoms with E-state index in [9.17, 15) is 4.79 Å². The van der Waals surface area contributed by atoms with Crippen LogP contribution in [0.4, 0.5) is 0 Å². The van der Waals surface area contributed by atoms with Crippen molar-refractivity contribution in [2.75, 3.05) is 19.6 Å². The average Bonchev–Trinajstić information content (AvgIpc) is 2.76. The third-order valence-electron chi connectivity index (χ3n) is 7.54. The van der Waals surface area contributed by atoms with E-state index in [1.165, 1.54) is 51.6 Å². The molecule has 3 atom stereocenters. The Morgan fingerprint density at radius 3 is 2.39 bits per heavy atom. The lowest BCUT2D eigenvalue weighted by Crippen LogP contribution is -2.38. The fourth-order valence-corrected chi connectivity index (χ4v) is 5.33. The minimum absolute atomic E-state index is 0.0365. The summed E-state index contributed by atoms with van der Waals surface area (Å²) < 4.78 is 5.94. The Kier molecular flexibility index (Phi) is 5.06. The van der Waals surface area contributed by atoms with Gasteiger partial charge < -0.3 is 9.64 Å². The summed E-state index contributed by atoms with van der Waals surface area (Å²) in [6.45, 7) is 10.6. The van der Waals surface area contributed by atoms with Crippen LogP contribution in [0, 0.1) is 16.7 Å². The monoisotopic (exact) mass is 321 g/mol. The summed E-state index contributed by atoms with van der Waals surface area (Å²) in [5, 5.41) is 0. The second-order valence-corrected chi connectivity index (χ2v) is 8.95. The first-order valence-corrected chi connectivity index (χ1v) is 9.85. The highest BCUT2D eigenvalue weighted by Gasteiger charge is 2.62. The van der Waals surface area contributed by atoms with Crippen LogP contribution in [0.1, 0.15) is 78.6 Å². The molecular weight excluding hydrogens is 286 g/mol. The van der Waals surface area contributed by atoms with Gasteiger partial charge in [-0.15, -0.1) is 0 Å². The Morgan fingerprint density at radius 2 is 1.83 bits per heavy atom. The molecule has 1 heterocycles. The Balaban J connectivity index is 1.42. The Hall–Kier alpha value is -0.570.